The number of nitrogens with zero attached hydrogens (tertiary/aromatic N) is 2. The summed E-state index contributed by atoms with van der Waals surface area (Å²) in [6, 6.07) is 7.91. The van der Waals surface area contributed by atoms with E-state index >= 15 is 0 Å². The van der Waals surface area contributed by atoms with Gasteiger partial charge in [0.2, 0.25) is 5.91 Å². The van der Waals surface area contributed by atoms with Crippen molar-refractivity contribution in [3.8, 4) is 5.75 Å². The van der Waals surface area contributed by atoms with Gasteiger partial charge in [-0.1, -0.05) is 18.2 Å². The van der Waals surface area contributed by atoms with Crippen molar-refractivity contribution in [1.29, 1.82) is 0 Å². The molecular formula is C15H25N3O2. The molecule has 1 aromatic rings. The lowest BCUT2D eigenvalue weighted by atomic mass is 10.1. The topological polar surface area (TPSA) is 58.8 Å². The second-order valence-corrected chi connectivity index (χ2v) is 5.11. The second kappa shape index (κ2) is 7.87. The SMILES string of the molecule is COc1ccccc1CN(C)C(CN)CC(=O)N(C)C. The Morgan fingerprint density at radius 1 is 1.30 bits per heavy atom. The molecule has 112 valence electrons. The quantitative estimate of drug-likeness (QED) is 0.807. The van der Waals surface area contributed by atoms with Gasteiger partial charge in [0.05, 0.1) is 7.11 Å². The predicted molar refractivity (Wildman–Crippen MR) is 80.6 cm³/mol. The van der Waals surface area contributed by atoms with Crippen LogP contribution in [0, 0.1) is 0 Å². The first-order valence-corrected chi connectivity index (χ1v) is 6.72. The molecule has 0 heterocycles. The summed E-state index contributed by atoms with van der Waals surface area (Å²) in [4.78, 5) is 15.5. The van der Waals surface area contributed by atoms with Crippen LogP contribution in [0.25, 0.3) is 0 Å². The highest BCUT2D eigenvalue weighted by Gasteiger charge is 2.19. The fraction of sp³-hybridized carbons (Fsp3) is 0.533. The average molecular weight is 279 g/mol. The first-order valence-electron chi connectivity index (χ1n) is 6.72. The van der Waals surface area contributed by atoms with E-state index in [1.807, 2.05) is 31.3 Å². The van der Waals surface area contributed by atoms with Crippen molar-refractivity contribution in [2.45, 2.75) is 19.0 Å². The first kappa shape index (κ1) is 16.5. The second-order valence-electron chi connectivity index (χ2n) is 5.11. The minimum atomic E-state index is 0.0230. The van der Waals surface area contributed by atoms with Gasteiger partial charge in [-0.2, -0.15) is 0 Å². The molecule has 0 saturated carbocycles. The van der Waals surface area contributed by atoms with Crippen LogP contribution in [0.4, 0.5) is 0 Å². The monoisotopic (exact) mass is 279 g/mol. The van der Waals surface area contributed by atoms with E-state index in [0.29, 0.717) is 19.5 Å². The number of ether oxygens (including phenoxy) is 1. The molecule has 5 heteroatoms. The first-order chi connectivity index (χ1) is 9.49. The largest absolute Gasteiger partial charge is 0.496 e. The van der Waals surface area contributed by atoms with E-state index in [-0.39, 0.29) is 11.9 Å². The number of hydrogen-bond acceptors (Lipinski definition) is 4. The van der Waals surface area contributed by atoms with Gasteiger partial charge in [-0.15, -0.1) is 0 Å². The predicted octanol–water partition coefficient (Wildman–Crippen LogP) is 0.933. The van der Waals surface area contributed by atoms with Crippen LogP contribution in [0.15, 0.2) is 24.3 Å². The number of nitrogens with two attached hydrogens (primary N) is 1. The standard InChI is InChI=1S/C15H25N3O2/c1-17(2)15(19)9-13(10-16)18(3)11-12-7-5-6-8-14(12)20-4/h5-8,13H,9-11,16H2,1-4H3. The highest BCUT2D eigenvalue weighted by Crippen LogP contribution is 2.20. The molecule has 0 aromatic heterocycles. The van der Waals surface area contributed by atoms with Crippen molar-refractivity contribution >= 4 is 5.91 Å². The van der Waals surface area contributed by atoms with Crippen molar-refractivity contribution in [3.63, 3.8) is 0 Å². The Labute approximate surface area is 121 Å². The van der Waals surface area contributed by atoms with E-state index in [9.17, 15) is 4.79 Å². The number of rotatable bonds is 7. The smallest absolute Gasteiger partial charge is 0.223 e. The molecule has 1 amide bonds. The summed E-state index contributed by atoms with van der Waals surface area (Å²) in [5.74, 6) is 0.946. The molecule has 0 spiro atoms. The van der Waals surface area contributed by atoms with Crippen LogP contribution in [0.3, 0.4) is 0 Å². The highest BCUT2D eigenvalue weighted by atomic mass is 16.5. The number of benzene rings is 1. The maximum atomic E-state index is 11.8. The molecule has 5 nitrogen and oxygen atoms in total. The third-order valence-electron chi connectivity index (χ3n) is 3.42. The Morgan fingerprint density at radius 2 is 1.95 bits per heavy atom. The van der Waals surface area contributed by atoms with Crippen molar-refractivity contribution < 1.29 is 9.53 Å². The molecular weight excluding hydrogens is 254 g/mol. The van der Waals surface area contributed by atoms with E-state index in [1.165, 1.54) is 0 Å². The van der Waals surface area contributed by atoms with Crippen molar-refractivity contribution in [1.82, 2.24) is 9.80 Å². The fourth-order valence-corrected chi connectivity index (χ4v) is 2.03. The highest BCUT2D eigenvalue weighted by molar-refractivity contribution is 5.76. The summed E-state index contributed by atoms with van der Waals surface area (Å²) in [6.07, 6.45) is 0.426. The van der Waals surface area contributed by atoms with Crippen LogP contribution in [-0.4, -0.2) is 56.5 Å². The molecule has 1 rings (SSSR count). The zero-order chi connectivity index (χ0) is 15.1. The van der Waals surface area contributed by atoms with E-state index < -0.39 is 0 Å². The van der Waals surface area contributed by atoms with Crippen LogP contribution in [0.5, 0.6) is 5.75 Å². The molecule has 0 radical (unpaired) electrons. The van der Waals surface area contributed by atoms with Gasteiger partial charge < -0.3 is 15.4 Å². The van der Waals surface area contributed by atoms with Gasteiger partial charge in [-0.25, -0.2) is 0 Å². The molecule has 0 fully saturated rings. The zero-order valence-electron chi connectivity index (χ0n) is 12.8. The van der Waals surface area contributed by atoms with Crippen LogP contribution in [0.2, 0.25) is 0 Å². The molecule has 0 saturated heterocycles. The maximum Gasteiger partial charge on any atom is 0.223 e. The number of likely N-dealkylation sites (N-methyl/N-ethyl adjacent to an activating group) is 1. The Bertz CT molecular complexity index is 435. The normalized spacial score (nSPS) is 12.3. The number of methoxy groups -OCH3 is 1. The summed E-state index contributed by atoms with van der Waals surface area (Å²) in [5, 5.41) is 0. The molecule has 0 aliphatic heterocycles. The van der Waals surface area contributed by atoms with Gasteiger partial charge in [0.25, 0.3) is 0 Å². The van der Waals surface area contributed by atoms with Crippen LogP contribution in [-0.2, 0) is 11.3 Å². The van der Waals surface area contributed by atoms with Gasteiger partial charge >= 0.3 is 0 Å². The Hall–Kier alpha value is -1.59. The van der Waals surface area contributed by atoms with Crippen LogP contribution < -0.4 is 10.5 Å². The summed E-state index contributed by atoms with van der Waals surface area (Å²) in [7, 11) is 7.16. The lowest BCUT2D eigenvalue weighted by molar-refractivity contribution is -0.129. The number of carbonyl (C=O) groups is 1. The van der Waals surface area contributed by atoms with Gasteiger partial charge in [0.15, 0.2) is 0 Å². The Morgan fingerprint density at radius 3 is 2.50 bits per heavy atom. The van der Waals surface area contributed by atoms with Gasteiger partial charge in [0, 0.05) is 45.2 Å². The number of carbonyl (C=O) groups excluding carboxylic acids is 1. The average Bonchev–Trinajstić information content (AvgIpc) is 2.44. The summed E-state index contributed by atoms with van der Waals surface area (Å²) < 4.78 is 5.35. The molecule has 0 aliphatic rings. The summed E-state index contributed by atoms with van der Waals surface area (Å²) >= 11 is 0. The lowest BCUT2D eigenvalue weighted by Crippen LogP contribution is -2.41. The number of hydrogen-bond donors (Lipinski definition) is 1. The third kappa shape index (κ3) is 4.51. The van der Waals surface area contributed by atoms with E-state index in [1.54, 1.807) is 26.1 Å². The van der Waals surface area contributed by atoms with Gasteiger partial charge in [-0.3, -0.25) is 9.69 Å². The molecule has 2 N–H and O–H groups in total. The van der Waals surface area contributed by atoms with Crippen LogP contribution in [0.1, 0.15) is 12.0 Å². The van der Waals surface area contributed by atoms with E-state index in [4.69, 9.17) is 10.5 Å². The fourth-order valence-electron chi connectivity index (χ4n) is 2.03. The van der Waals surface area contributed by atoms with Crippen molar-refractivity contribution in [2.75, 3.05) is 34.8 Å². The molecule has 1 aromatic carbocycles. The maximum absolute atomic E-state index is 11.8. The summed E-state index contributed by atoms with van der Waals surface area (Å²) in [5.41, 5.74) is 6.89. The molecule has 1 unspecified atom stereocenters. The van der Waals surface area contributed by atoms with Gasteiger partial charge in [0.1, 0.15) is 5.75 Å². The van der Waals surface area contributed by atoms with Crippen molar-refractivity contribution in [3.05, 3.63) is 29.8 Å². The Balaban J connectivity index is 2.72. The molecule has 0 aliphatic carbocycles. The molecule has 1 atom stereocenters. The minimum absolute atomic E-state index is 0.0230. The summed E-state index contributed by atoms with van der Waals surface area (Å²) in [6.45, 7) is 1.15. The van der Waals surface area contributed by atoms with E-state index in [0.717, 1.165) is 11.3 Å². The Kier molecular flexibility index (Phi) is 6.48. The number of amides is 1. The zero-order valence-corrected chi connectivity index (χ0v) is 12.8. The third-order valence-corrected chi connectivity index (χ3v) is 3.42. The molecule has 0 bridgehead atoms. The number of para-hydroxylation sites is 1. The lowest BCUT2D eigenvalue weighted by Gasteiger charge is -2.28. The minimum Gasteiger partial charge on any atom is -0.496 e. The van der Waals surface area contributed by atoms with Crippen molar-refractivity contribution in [2.24, 2.45) is 5.73 Å². The van der Waals surface area contributed by atoms with E-state index in [2.05, 4.69) is 4.90 Å². The van der Waals surface area contributed by atoms with Gasteiger partial charge in [-0.05, 0) is 13.1 Å². The van der Waals surface area contributed by atoms with Crippen LogP contribution >= 0.6 is 0 Å². The molecule has 20 heavy (non-hydrogen) atoms.